The summed E-state index contributed by atoms with van der Waals surface area (Å²) in [6, 6.07) is 18.3. The van der Waals surface area contributed by atoms with Gasteiger partial charge in [-0.15, -0.1) is 0 Å². The van der Waals surface area contributed by atoms with E-state index in [4.69, 9.17) is 4.84 Å². The Morgan fingerprint density at radius 2 is 1.55 bits per heavy atom. The number of imide groups is 1. The molecule has 3 atom stereocenters. The zero-order valence-corrected chi connectivity index (χ0v) is 17.5. The predicted molar refractivity (Wildman–Crippen MR) is 113 cm³/mol. The minimum atomic E-state index is -1.12. The minimum Gasteiger partial charge on any atom is -0.273 e. The quantitative estimate of drug-likeness (QED) is 0.502. The molecule has 2 saturated heterocycles. The Morgan fingerprint density at radius 3 is 2.26 bits per heavy atom. The molecule has 0 bridgehead atoms. The number of carbonyl (C=O) groups excluding carboxylic acids is 2. The van der Waals surface area contributed by atoms with Gasteiger partial charge in [-0.1, -0.05) is 36.4 Å². The van der Waals surface area contributed by atoms with E-state index in [9.17, 15) is 18.4 Å². The summed E-state index contributed by atoms with van der Waals surface area (Å²) >= 11 is 3.18. The monoisotopic (exact) mass is 484 g/mol. The Balaban J connectivity index is 1.62. The van der Waals surface area contributed by atoms with Crippen molar-refractivity contribution in [3.05, 3.63) is 94.5 Å². The average Bonchev–Trinajstić information content (AvgIpc) is 3.28. The summed E-state index contributed by atoms with van der Waals surface area (Å²) in [7, 11) is 0. The minimum absolute atomic E-state index is 0.110. The molecule has 0 saturated carbocycles. The normalized spacial score (nSPS) is 22.9. The van der Waals surface area contributed by atoms with Crippen molar-refractivity contribution in [2.45, 2.75) is 12.1 Å². The first-order valence-corrected chi connectivity index (χ1v) is 10.3. The van der Waals surface area contributed by atoms with Crippen LogP contribution in [0.15, 0.2) is 77.3 Å². The number of hydrogen-bond donors (Lipinski definition) is 0. The second-order valence-corrected chi connectivity index (χ2v) is 8.15. The Morgan fingerprint density at radius 1 is 0.839 bits per heavy atom. The first kappa shape index (κ1) is 19.8. The van der Waals surface area contributed by atoms with Crippen LogP contribution in [0, 0.1) is 17.6 Å². The van der Waals surface area contributed by atoms with E-state index in [1.807, 2.05) is 6.07 Å². The number of nitrogens with zero attached hydrogens (tertiary/aromatic N) is 2. The summed E-state index contributed by atoms with van der Waals surface area (Å²) in [4.78, 5) is 33.4. The average molecular weight is 485 g/mol. The second kappa shape index (κ2) is 7.55. The van der Waals surface area contributed by atoms with Gasteiger partial charge in [0.15, 0.2) is 6.10 Å². The zero-order valence-electron chi connectivity index (χ0n) is 15.9. The van der Waals surface area contributed by atoms with E-state index in [0.29, 0.717) is 11.3 Å². The summed E-state index contributed by atoms with van der Waals surface area (Å²) in [5, 5.41) is 1.50. The molecule has 8 heteroatoms. The summed E-state index contributed by atoms with van der Waals surface area (Å²) in [5.41, 5.74) is 1.11. The molecule has 0 unspecified atom stereocenters. The van der Waals surface area contributed by atoms with Gasteiger partial charge in [0.2, 0.25) is 5.91 Å². The highest BCUT2D eigenvalue weighted by molar-refractivity contribution is 9.10. The maximum absolute atomic E-state index is 14.4. The van der Waals surface area contributed by atoms with Crippen LogP contribution in [0.3, 0.4) is 0 Å². The Kier molecular flexibility index (Phi) is 4.83. The van der Waals surface area contributed by atoms with Crippen LogP contribution in [0.4, 0.5) is 20.2 Å². The van der Waals surface area contributed by atoms with Crippen molar-refractivity contribution in [3.63, 3.8) is 0 Å². The van der Waals surface area contributed by atoms with Crippen LogP contribution >= 0.6 is 15.9 Å². The standard InChI is InChI=1S/C23H15BrF2N2O3/c24-15-12-13(10-11-16(15)25)20-19-21(31-28(20)14-6-2-1-3-7-14)23(30)27(22(19)29)18-9-5-4-8-17(18)26/h1-12,19-21H/t19-,20+,21-/m1/s1. The summed E-state index contributed by atoms with van der Waals surface area (Å²) < 4.78 is 28.5. The molecular formula is C23H15BrF2N2O3. The van der Waals surface area contributed by atoms with Gasteiger partial charge in [0.25, 0.3) is 5.91 Å². The number of fused-ring (bicyclic) bond motifs is 1. The molecule has 0 radical (unpaired) electrons. The number of hydroxylamine groups is 1. The number of halogens is 3. The molecule has 2 aliphatic rings. The van der Waals surface area contributed by atoms with E-state index in [1.165, 1.54) is 29.3 Å². The lowest BCUT2D eigenvalue weighted by atomic mass is 9.90. The highest BCUT2D eigenvalue weighted by Gasteiger charge is 2.60. The molecule has 2 amide bonds. The molecule has 3 aromatic carbocycles. The Labute approximate surface area is 184 Å². The molecule has 2 aliphatic heterocycles. The molecule has 2 heterocycles. The van der Waals surface area contributed by atoms with Gasteiger partial charge in [-0.3, -0.25) is 14.4 Å². The molecule has 0 spiro atoms. The fourth-order valence-electron chi connectivity index (χ4n) is 4.12. The number of anilines is 2. The van der Waals surface area contributed by atoms with Gasteiger partial charge in [0.1, 0.15) is 17.6 Å². The maximum atomic E-state index is 14.4. The molecule has 3 aromatic rings. The number of rotatable bonds is 3. The molecule has 5 nitrogen and oxygen atoms in total. The number of para-hydroxylation sites is 2. The number of hydrogen-bond acceptors (Lipinski definition) is 4. The van der Waals surface area contributed by atoms with E-state index in [1.54, 1.807) is 42.5 Å². The number of carbonyl (C=O) groups is 2. The van der Waals surface area contributed by atoms with Crippen molar-refractivity contribution in [3.8, 4) is 0 Å². The summed E-state index contributed by atoms with van der Waals surface area (Å²) in [6.07, 6.45) is -1.12. The molecule has 31 heavy (non-hydrogen) atoms. The molecular weight excluding hydrogens is 470 g/mol. The Bertz CT molecular complexity index is 1190. The highest BCUT2D eigenvalue weighted by atomic mass is 79.9. The number of benzene rings is 3. The highest BCUT2D eigenvalue weighted by Crippen LogP contribution is 2.48. The third-order valence-electron chi connectivity index (χ3n) is 5.50. The van der Waals surface area contributed by atoms with Crippen LogP contribution in [-0.4, -0.2) is 17.9 Å². The van der Waals surface area contributed by atoms with Crippen molar-refractivity contribution >= 4 is 39.1 Å². The smallest absolute Gasteiger partial charge is 0.266 e. The van der Waals surface area contributed by atoms with Crippen LogP contribution in [0.1, 0.15) is 11.6 Å². The van der Waals surface area contributed by atoms with Crippen LogP contribution in [0.2, 0.25) is 0 Å². The van der Waals surface area contributed by atoms with Crippen LogP contribution in [0.5, 0.6) is 0 Å². The van der Waals surface area contributed by atoms with Crippen LogP contribution < -0.4 is 9.96 Å². The van der Waals surface area contributed by atoms with Gasteiger partial charge in [-0.25, -0.2) is 18.7 Å². The maximum Gasteiger partial charge on any atom is 0.266 e. The van der Waals surface area contributed by atoms with E-state index in [0.717, 1.165) is 4.90 Å². The predicted octanol–water partition coefficient (Wildman–Crippen LogP) is 4.78. The SMILES string of the molecule is O=C1[C@H]2[C@@H](ON(c3ccccc3)[C@H]2c2ccc(F)c(Br)c2)C(=O)N1c1ccccc1F. The molecule has 5 rings (SSSR count). The second-order valence-electron chi connectivity index (χ2n) is 7.29. The Hall–Kier alpha value is -3.10. The van der Waals surface area contributed by atoms with Gasteiger partial charge in [-0.05, 0) is 57.9 Å². The third kappa shape index (κ3) is 3.14. The topological polar surface area (TPSA) is 49.9 Å². The lowest BCUT2D eigenvalue weighted by Crippen LogP contribution is -2.37. The van der Waals surface area contributed by atoms with Crippen LogP contribution in [0.25, 0.3) is 0 Å². The van der Waals surface area contributed by atoms with Crippen molar-refractivity contribution in [1.82, 2.24) is 0 Å². The fourth-order valence-corrected chi connectivity index (χ4v) is 4.52. The molecule has 156 valence electrons. The zero-order chi connectivity index (χ0) is 21.7. The third-order valence-corrected chi connectivity index (χ3v) is 6.11. The van der Waals surface area contributed by atoms with E-state index in [2.05, 4.69) is 15.9 Å². The fraction of sp³-hybridized carbons (Fsp3) is 0.130. The number of amides is 2. The van der Waals surface area contributed by atoms with E-state index < -0.39 is 41.5 Å². The van der Waals surface area contributed by atoms with E-state index in [-0.39, 0.29) is 10.2 Å². The van der Waals surface area contributed by atoms with Gasteiger partial charge in [-0.2, -0.15) is 0 Å². The van der Waals surface area contributed by atoms with Gasteiger partial charge >= 0.3 is 0 Å². The molecule has 0 aliphatic carbocycles. The van der Waals surface area contributed by atoms with Gasteiger partial charge in [0.05, 0.1) is 21.9 Å². The van der Waals surface area contributed by atoms with Crippen molar-refractivity contribution in [1.29, 1.82) is 0 Å². The van der Waals surface area contributed by atoms with E-state index >= 15 is 0 Å². The molecule has 2 fully saturated rings. The van der Waals surface area contributed by atoms with Crippen LogP contribution in [-0.2, 0) is 14.4 Å². The van der Waals surface area contributed by atoms with Crippen molar-refractivity contribution < 1.29 is 23.2 Å². The lowest BCUT2D eigenvalue weighted by molar-refractivity contribution is -0.126. The summed E-state index contributed by atoms with van der Waals surface area (Å²) in [5.74, 6) is -3.25. The first-order valence-electron chi connectivity index (χ1n) is 9.55. The summed E-state index contributed by atoms with van der Waals surface area (Å²) in [6.45, 7) is 0. The lowest BCUT2D eigenvalue weighted by Gasteiger charge is -2.29. The van der Waals surface area contributed by atoms with Gasteiger partial charge < -0.3 is 0 Å². The molecule has 0 aromatic heterocycles. The first-order chi connectivity index (χ1) is 15.0. The van der Waals surface area contributed by atoms with Crippen molar-refractivity contribution in [2.75, 3.05) is 9.96 Å². The van der Waals surface area contributed by atoms with Crippen molar-refractivity contribution in [2.24, 2.45) is 5.92 Å². The molecule has 0 N–H and O–H groups in total. The van der Waals surface area contributed by atoms with Gasteiger partial charge in [0, 0.05) is 0 Å². The largest absolute Gasteiger partial charge is 0.273 e.